The summed E-state index contributed by atoms with van der Waals surface area (Å²) in [6.45, 7) is 0. The van der Waals surface area contributed by atoms with Crippen LogP contribution in [0.4, 0.5) is 0 Å². The molecule has 0 aliphatic heterocycles. The van der Waals surface area contributed by atoms with Crippen LogP contribution in [0.1, 0.15) is 11.1 Å². The molecular weight excluding hydrogens is 292 g/mol. The number of methoxy groups -OCH3 is 1. The largest absolute Gasteiger partial charge is 0.496 e. The summed E-state index contributed by atoms with van der Waals surface area (Å²) in [5.74, 6) is 0.860. The molecule has 0 aliphatic rings. The standard InChI is InChI=1S/C20H17ClO/c1-22-20-11-10-16(12-15-6-3-2-4-7-15)13-19(20)17-8-5-9-18(21)14-17/h2-11,13-14H,12H2,1H3. The van der Waals surface area contributed by atoms with Gasteiger partial charge in [-0.3, -0.25) is 0 Å². The van der Waals surface area contributed by atoms with Gasteiger partial charge in [0.05, 0.1) is 7.11 Å². The van der Waals surface area contributed by atoms with Gasteiger partial charge in [0.15, 0.2) is 0 Å². The highest BCUT2D eigenvalue weighted by Gasteiger charge is 2.08. The smallest absolute Gasteiger partial charge is 0.126 e. The van der Waals surface area contributed by atoms with Crippen molar-refractivity contribution in [2.45, 2.75) is 6.42 Å². The van der Waals surface area contributed by atoms with Crippen molar-refractivity contribution in [3.63, 3.8) is 0 Å². The molecule has 0 spiro atoms. The van der Waals surface area contributed by atoms with Gasteiger partial charge in [-0.25, -0.2) is 0 Å². The van der Waals surface area contributed by atoms with Crippen LogP contribution in [-0.4, -0.2) is 7.11 Å². The summed E-state index contributed by atoms with van der Waals surface area (Å²) in [6.07, 6.45) is 0.901. The molecule has 3 aromatic carbocycles. The van der Waals surface area contributed by atoms with E-state index in [0.29, 0.717) is 0 Å². The number of hydrogen-bond acceptors (Lipinski definition) is 1. The van der Waals surface area contributed by atoms with Crippen LogP contribution < -0.4 is 4.74 Å². The average Bonchev–Trinajstić information content (AvgIpc) is 2.56. The topological polar surface area (TPSA) is 9.23 Å². The molecule has 0 aromatic heterocycles. The van der Waals surface area contributed by atoms with E-state index in [1.807, 2.05) is 30.3 Å². The van der Waals surface area contributed by atoms with Crippen LogP contribution in [0.5, 0.6) is 5.75 Å². The SMILES string of the molecule is COc1ccc(Cc2ccccc2)cc1-c1cccc(Cl)c1. The Hall–Kier alpha value is -2.25. The monoisotopic (exact) mass is 308 g/mol. The van der Waals surface area contributed by atoms with Crippen LogP contribution in [0, 0.1) is 0 Å². The van der Waals surface area contributed by atoms with Gasteiger partial charge in [-0.05, 0) is 47.4 Å². The first-order chi connectivity index (χ1) is 10.8. The van der Waals surface area contributed by atoms with Crippen molar-refractivity contribution in [3.8, 4) is 16.9 Å². The van der Waals surface area contributed by atoms with E-state index in [1.165, 1.54) is 11.1 Å². The molecule has 110 valence electrons. The molecule has 0 saturated heterocycles. The highest BCUT2D eigenvalue weighted by Crippen LogP contribution is 2.32. The minimum Gasteiger partial charge on any atom is -0.496 e. The Labute approximate surface area is 136 Å². The highest BCUT2D eigenvalue weighted by molar-refractivity contribution is 6.30. The number of rotatable bonds is 4. The lowest BCUT2D eigenvalue weighted by atomic mass is 9.98. The number of ether oxygens (including phenoxy) is 1. The summed E-state index contributed by atoms with van der Waals surface area (Å²) < 4.78 is 5.50. The van der Waals surface area contributed by atoms with E-state index in [-0.39, 0.29) is 0 Å². The van der Waals surface area contributed by atoms with Crippen molar-refractivity contribution in [1.82, 2.24) is 0 Å². The van der Waals surface area contributed by atoms with Crippen LogP contribution >= 0.6 is 11.6 Å². The summed E-state index contributed by atoms with van der Waals surface area (Å²) in [5, 5.41) is 0.730. The number of hydrogen-bond donors (Lipinski definition) is 0. The van der Waals surface area contributed by atoms with Gasteiger partial charge < -0.3 is 4.74 Å². The van der Waals surface area contributed by atoms with Crippen molar-refractivity contribution >= 4 is 11.6 Å². The lowest BCUT2D eigenvalue weighted by molar-refractivity contribution is 0.416. The van der Waals surface area contributed by atoms with Crippen molar-refractivity contribution in [2.24, 2.45) is 0 Å². The Balaban J connectivity index is 1.99. The maximum atomic E-state index is 6.12. The van der Waals surface area contributed by atoms with Crippen LogP contribution in [0.15, 0.2) is 72.8 Å². The molecule has 1 nitrogen and oxygen atoms in total. The molecule has 2 heteroatoms. The summed E-state index contributed by atoms with van der Waals surface area (Å²) in [6, 6.07) is 24.6. The van der Waals surface area contributed by atoms with Gasteiger partial charge >= 0.3 is 0 Å². The van der Waals surface area contributed by atoms with Crippen LogP contribution in [0.3, 0.4) is 0 Å². The van der Waals surface area contributed by atoms with E-state index in [4.69, 9.17) is 16.3 Å². The van der Waals surface area contributed by atoms with Gasteiger partial charge in [0.25, 0.3) is 0 Å². The summed E-state index contributed by atoms with van der Waals surface area (Å²) in [7, 11) is 1.69. The highest BCUT2D eigenvalue weighted by atomic mass is 35.5. The Morgan fingerprint density at radius 3 is 2.36 bits per heavy atom. The Morgan fingerprint density at radius 2 is 1.64 bits per heavy atom. The van der Waals surface area contributed by atoms with E-state index >= 15 is 0 Å². The molecule has 0 amide bonds. The fraction of sp³-hybridized carbons (Fsp3) is 0.100. The van der Waals surface area contributed by atoms with Crippen molar-refractivity contribution in [2.75, 3.05) is 7.11 Å². The predicted octanol–water partition coefficient (Wildman–Crippen LogP) is 5.61. The first-order valence-corrected chi connectivity index (χ1v) is 7.61. The zero-order chi connectivity index (χ0) is 15.4. The molecule has 0 saturated carbocycles. The minimum atomic E-state index is 0.730. The van der Waals surface area contributed by atoms with Gasteiger partial charge in [-0.15, -0.1) is 0 Å². The van der Waals surface area contributed by atoms with Crippen molar-refractivity contribution in [1.29, 1.82) is 0 Å². The first-order valence-electron chi connectivity index (χ1n) is 7.23. The molecule has 0 N–H and O–H groups in total. The molecular formula is C20H17ClO. The third-order valence-electron chi connectivity index (χ3n) is 3.65. The quantitative estimate of drug-likeness (QED) is 0.609. The first kappa shape index (κ1) is 14.7. The fourth-order valence-corrected chi connectivity index (χ4v) is 2.77. The van der Waals surface area contributed by atoms with Gasteiger partial charge in [-0.1, -0.05) is 60.1 Å². The molecule has 0 bridgehead atoms. The second-order valence-corrected chi connectivity index (χ2v) is 5.64. The van der Waals surface area contributed by atoms with E-state index in [1.54, 1.807) is 7.11 Å². The van der Waals surface area contributed by atoms with Gasteiger partial charge in [0.2, 0.25) is 0 Å². The van der Waals surface area contributed by atoms with Crippen molar-refractivity contribution < 1.29 is 4.74 Å². The van der Waals surface area contributed by atoms with E-state index in [0.717, 1.165) is 28.3 Å². The molecule has 0 atom stereocenters. The number of halogens is 1. The molecule has 0 fully saturated rings. The lowest BCUT2D eigenvalue weighted by Crippen LogP contribution is -1.92. The number of benzene rings is 3. The fourth-order valence-electron chi connectivity index (χ4n) is 2.58. The second-order valence-electron chi connectivity index (χ2n) is 5.21. The minimum absolute atomic E-state index is 0.730. The normalized spacial score (nSPS) is 10.5. The maximum Gasteiger partial charge on any atom is 0.126 e. The summed E-state index contributed by atoms with van der Waals surface area (Å²) in [5.41, 5.74) is 4.68. The molecule has 3 rings (SSSR count). The van der Waals surface area contributed by atoms with Gasteiger partial charge in [-0.2, -0.15) is 0 Å². The molecule has 3 aromatic rings. The third-order valence-corrected chi connectivity index (χ3v) is 3.89. The predicted molar refractivity (Wildman–Crippen MR) is 92.7 cm³/mol. The second kappa shape index (κ2) is 6.67. The molecule has 0 radical (unpaired) electrons. The maximum absolute atomic E-state index is 6.12. The summed E-state index contributed by atoms with van der Waals surface area (Å²) in [4.78, 5) is 0. The van der Waals surface area contributed by atoms with Gasteiger partial charge in [0.1, 0.15) is 5.75 Å². The Kier molecular flexibility index (Phi) is 4.45. The molecule has 22 heavy (non-hydrogen) atoms. The van der Waals surface area contributed by atoms with E-state index < -0.39 is 0 Å². The third kappa shape index (κ3) is 3.32. The van der Waals surface area contributed by atoms with Crippen LogP contribution in [0.2, 0.25) is 5.02 Å². The molecule has 0 heterocycles. The van der Waals surface area contributed by atoms with Crippen molar-refractivity contribution in [3.05, 3.63) is 88.9 Å². The Bertz CT molecular complexity index is 766. The average molecular weight is 309 g/mol. The molecule has 0 aliphatic carbocycles. The van der Waals surface area contributed by atoms with E-state index in [9.17, 15) is 0 Å². The zero-order valence-corrected chi connectivity index (χ0v) is 13.2. The lowest BCUT2D eigenvalue weighted by Gasteiger charge is -2.12. The van der Waals surface area contributed by atoms with Gasteiger partial charge in [0, 0.05) is 10.6 Å². The van der Waals surface area contributed by atoms with E-state index in [2.05, 4.69) is 42.5 Å². The Morgan fingerprint density at radius 1 is 0.818 bits per heavy atom. The zero-order valence-electron chi connectivity index (χ0n) is 12.4. The van der Waals surface area contributed by atoms with Crippen LogP contribution in [0.25, 0.3) is 11.1 Å². The summed E-state index contributed by atoms with van der Waals surface area (Å²) >= 11 is 6.12. The molecule has 0 unspecified atom stereocenters. The van der Waals surface area contributed by atoms with Crippen LogP contribution in [-0.2, 0) is 6.42 Å².